The summed E-state index contributed by atoms with van der Waals surface area (Å²) in [6.45, 7) is 8.23. The smallest absolute Gasteiger partial charge is 0.263 e. The Balaban J connectivity index is 0.00000364. The van der Waals surface area contributed by atoms with Gasteiger partial charge in [-0.2, -0.15) is 0 Å². The Bertz CT molecular complexity index is 811. The van der Waals surface area contributed by atoms with Crippen molar-refractivity contribution in [2.24, 2.45) is 16.6 Å². The minimum atomic E-state index is -3.57. The van der Waals surface area contributed by atoms with Crippen molar-refractivity contribution in [1.29, 1.82) is 0 Å². The van der Waals surface area contributed by atoms with Gasteiger partial charge in [-0.1, -0.05) is 26.0 Å². The Morgan fingerprint density at radius 1 is 1.30 bits per heavy atom. The van der Waals surface area contributed by atoms with Crippen LogP contribution in [-0.4, -0.2) is 38.3 Å². The topological polar surface area (TPSA) is 114 Å². The molecule has 0 aliphatic carbocycles. The predicted molar refractivity (Wildman–Crippen MR) is 110 cm³/mol. The number of nitrogens with one attached hydrogen (secondary N) is 2. The fraction of sp³-hybridized carbons (Fsp3) is 0.556. The van der Waals surface area contributed by atoms with E-state index in [0.717, 1.165) is 6.42 Å². The van der Waals surface area contributed by atoms with Crippen LogP contribution in [0.15, 0.2) is 34.2 Å². The third-order valence-electron chi connectivity index (χ3n) is 4.24. The maximum absolute atomic E-state index is 12.4. The largest absolute Gasteiger partial charge is 0.350 e. The third kappa shape index (κ3) is 5.92. The fourth-order valence-electron chi connectivity index (χ4n) is 3.24. The number of nitrogens with two attached hydrogens (primary N) is 1. The van der Waals surface area contributed by atoms with Gasteiger partial charge in [0.1, 0.15) is 5.84 Å². The molecule has 2 unspecified atom stereocenters. The number of benzene rings is 1. The summed E-state index contributed by atoms with van der Waals surface area (Å²) in [7, 11) is -3.57. The molecule has 2 atom stereocenters. The number of nitrogens with zero attached hydrogens (tertiary/aromatic N) is 1. The standard InChI is InChI=1S/C18H28N4O3S.ClH/c1-12(2)10-18(4,11-19)21-16(23)9-13(3)20-17-14-7-5-6-8-15(14)26(24,25)22-17;/h5-8,12-13H,9-11,19H2,1-4H3,(H,20,22)(H,21,23);1H. The van der Waals surface area contributed by atoms with E-state index in [1.54, 1.807) is 25.1 Å². The van der Waals surface area contributed by atoms with E-state index >= 15 is 0 Å². The Hall–Kier alpha value is -1.64. The number of hydrogen-bond acceptors (Lipinski definition) is 5. The van der Waals surface area contributed by atoms with Crippen molar-refractivity contribution in [2.45, 2.75) is 57.0 Å². The van der Waals surface area contributed by atoms with Crippen LogP contribution in [-0.2, 0) is 14.8 Å². The first kappa shape index (κ1) is 23.4. The van der Waals surface area contributed by atoms with Crippen molar-refractivity contribution in [3.05, 3.63) is 29.8 Å². The highest BCUT2D eigenvalue weighted by Gasteiger charge is 2.31. The Morgan fingerprint density at radius 2 is 1.93 bits per heavy atom. The molecular weight excluding hydrogens is 388 g/mol. The molecule has 0 bridgehead atoms. The number of aliphatic imine (C=N–C) groups is 1. The van der Waals surface area contributed by atoms with Gasteiger partial charge in [0.2, 0.25) is 5.91 Å². The van der Waals surface area contributed by atoms with E-state index in [0.29, 0.717) is 18.0 Å². The minimum Gasteiger partial charge on any atom is -0.350 e. The number of amides is 1. The molecule has 0 radical (unpaired) electrons. The van der Waals surface area contributed by atoms with Gasteiger partial charge in [-0.25, -0.2) is 8.42 Å². The molecule has 0 saturated heterocycles. The Kier molecular flexibility index (Phi) is 7.83. The van der Waals surface area contributed by atoms with Crippen LogP contribution in [0.3, 0.4) is 0 Å². The monoisotopic (exact) mass is 416 g/mol. The van der Waals surface area contributed by atoms with Crippen LogP contribution in [0.1, 0.15) is 46.1 Å². The lowest BCUT2D eigenvalue weighted by atomic mass is 9.90. The van der Waals surface area contributed by atoms with E-state index in [4.69, 9.17) is 5.73 Å². The molecule has 0 spiro atoms. The highest BCUT2D eigenvalue weighted by atomic mass is 35.5. The van der Waals surface area contributed by atoms with Gasteiger partial charge in [0.15, 0.2) is 0 Å². The van der Waals surface area contributed by atoms with Crippen molar-refractivity contribution in [2.75, 3.05) is 6.54 Å². The second-order valence-corrected chi connectivity index (χ2v) is 9.19. The van der Waals surface area contributed by atoms with Gasteiger partial charge in [0, 0.05) is 24.1 Å². The molecule has 0 aromatic heterocycles. The first-order valence-corrected chi connectivity index (χ1v) is 10.3. The van der Waals surface area contributed by atoms with Gasteiger partial charge in [-0.15, -0.1) is 12.4 Å². The summed E-state index contributed by atoms with van der Waals surface area (Å²) < 4.78 is 26.7. The van der Waals surface area contributed by atoms with Gasteiger partial charge >= 0.3 is 0 Å². The first-order chi connectivity index (χ1) is 12.1. The summed E-state index contributed by atoms with van der Waals surface area (Å²) in [5.74, 6) is 0.542. The summed E-state index contributed by atoms with van der Waals surface area (Å²) in [4.78, 5) is 17.0. The van der Waals surface area contributed by atoms with Gasteiger partial charge in [-0.05, 0) is 38.3 Å². The van der Waals surface area contributed by atoms with Crippen molar-refractivity contribution in [3.8, 4) is 0 Å². The van der Waals surface area contributed by atoms with Crippen molar-refractivity contribution >= 4 is 34.2 Å². The molecule has 1 aromatic carbocycles. The molecule has 7 nitrogen and oxygen atoms in total. The molecule has 9 heteroatoms. The summed E-state index contributed by atoms with van der Waals surface area (Å²) in [6.07, 6.45) is 0.937. The number of halogens is 1. The van der Waals surface area contributed by atoms with Gasteiger partial charge in [0.25, 0.3) is 10.0 Å². The molecular formula is C18H29ClN4O3S. The zero-order valence-electron chi connectivity index (χ0n) is 16.2. The van der Waals surface area contributed by atoms with Crippen LogP contribution in [0.25, 0.3) is 0 Å². The Labute approximate surface area is 167 Å². The lowest BCUT2D eigenvalue weighted by molar-refractivity contribution is -0.123. The molecule has 4 N–H and O–H groups in total. The molecule has 1 aliphatic rings. The molecule has 1 heterocycles. The van der Waals surface area contributed by atoms with E-state index in [9.17, 15) is 13.2 Å². The summed E-state index contributed by atoms with van der Waals surface area (Å²) in [6, 6.07) is 6.29. The lowest BCUT2D eigenvalue weighted by Gasteiger charge is -2.31. The lowest BCUT2D eigenvalue weighted by Crippen LogP contribution is -2.52. The van der Waals surface area contributed by atoms with E-state index in [2.05, 4.69) is 28.9 Å². The van der Waals surface area contributed by atoms with Crippen LogP contribution in [0, 0.1) is 5.92 Å². The number of rotatable bonds is 7. The van der Waals surface area contributed by atoms with Crippen LogP contribution < -0.4 is 15.8 Å². The maximum Gasteiger partial charge on any atom is 0.263 e. The highest BCUT2D eigenvalue weighted by molar-refractivity contribution is 7.90. The summed E-state index contributed by atoms with van der Waals surface area (Å²) in [5.41, 5.74) is 5.91. The average Bonchev–Trinajstić information content (AvgIpc) is 2.77. The summed E-state index contributed by atoms with van der Waals surface area (Å²) >= 11 is 0. The number of carbonyl (C=O) groups excluding carboxylic acids is 1. The SMILES string of the molecule is CC(C)CC(C)(CN)NC(=O)CC(C)N=C1NS(=O)(=O)c2ccccc21.Cl. The highest BCUT2D eigenvalue weighted by Crippen LogP contribution is 2.23. The Morgan fingerprint density at radius 3 is 2.52 bits per heavy atom. The van der Waals surface area contributed by atoms with Crippen LogP contribution >= 0.6 is 12.4 Å². The molecule has 27 heavy (non-hydrogen) atoms. The third-order valence-corrected chi connectivity index (χ3v) is 5.64. The number of sulfonamides is 1. The van der Waals surface area contributed by atoms with Gasteiger partial charge in [-0.3, -0.25) is 14.5 Å². The molecule has 0 saturated carbocycles. The average molecular weight is 417 g/mol. The number of amidine groups is 1. The van der Waals surface area contributed by atoms with Crippen molar-refractivity contribution < 1.29 is 13.2 Å². The number of fused-ring (bicyclic) bond motifs is 1. The van der Waals surface area contributed by atoms with Crippen LogP contribution in [0.2, 0.25) is 0 Å². The second-order valence-electron chi connectivity index (χ2n) is 7.54. The van der Waals surface area contributed by atoms with E-state index < -0.39 is 15.6 Å². The van der Waals surface area contributed by atoms with Crippen molar-refractivity contribution in [1.82, 2.24) is 10.0 Å². The molecule has 2 rings (SSSR count). The van der Waals surface area contributed by atoms with Crippen LogP contribution in [0.4, 0.5) is 0 Å². The second kappa shape index (κ2) is 9.03. The first-order valence-electron chi connectivity index (χ1n) is 8.77. The number of carbonyl (C=O) groups is 1. The summed E-state index contributed by atoms with van der Waals surface area (Å²) in [5, 5.41) is 2.99. The van der Waals surface area contributed by atoms with Gasteiger partial charge < -0.3 is 11.1 Å². The van der Waals surface area contributed by atoms with Crippen LogP contribution in [0.5, 0.6) is 0 Å². The molecule has 1 amide bonds. The molecule has 0 fully saturated rings. The van der Waals surface area contributed by atoms with E-state index in [-0.39, 0.29) is 41.5 Å². The van der Waals surface area contributed by atoms with E-state index in [1.807, 2.05) is 6.92 Å². The van der Waals surface area contributed by atoms with E-state index in [1.165, 1.54) is 6.07 Å². The zero-order valence-corrected chi connectivity index (χ0v) is 17.8. The molecule has 1 aliphatic heterocycles. The zero-order chi connectivity index (χ0) is 19.5. The quantitative estimate of drug-likeness (QED) is 0.628. The number of hydrogen-bond donors (Lipinski definition) is 3. The van der Waals surface area contributed by atoms with Gasteiger partial charge in [0.05, 0.1) is 10.9 Å². The molecule has 152 valence electrons. The molecule has 1 aromatic rings. The predicted octanol–water partition coefficient (Wildman–Crippen LogP) is 1.81. The van der Waals surface area contributed by atoms with Crippen molar-refractivity contribution in [3.63, 3.8) is 0 Å². The fourth-order valence-corrected chi connectivity index (χ4v) is 4.48. The maximum atomic E-state index is 12.4. The minimum absolute atomic E-state index is 0. The normalized spacial score (nSPS) is 19.6.